The van der Waals surface area contributed by atoms with Crippen molar-refractivity contribution in [2.75, 3.05) is 0 Å². The number of thiazole rings is 1. The first-order chi connectivity index (χ1) is 11.0. The van der Waals surface area contributed by atoms with E-state index in [9.17, 15) is 9.90 Å². The van der Waals surface area contributed by atoms with Gasteiger partial charge in [-0.15, -0.1) is 11.3 Å². The second kappa shape index (κ2) is 8.12. The molecule has 3 N–H and O–H groups in total. The summed E-state index contributed by atoms with van der Waals surface area (Å²) < 4.78 is 5.14. The van der Waals surface area contributed by atoms with Crippen molar-refractivity contribution in [2.45, 2.75) is 51.8 Å². The van der Waals surface area contributed by atoms with Gasteiger partial charge < -0.3 is 20.2 Å². The molecule has 23 heavy (non-hydrogen) atoms. The van der Waals surface area contributed by atoms with Crippen LogP contribution in [0, 0.1) is 0 Å². The molecule has 7 heteroatoms. The van der Waals surface area contributed by atoms with Gasteiger partial charge in [0.05, 0.1) is 23.5 Å². The largest absolute Gasteiger partial charge is 0.467 e. The highest BCUT2D eigenvalue weighted by atomic mass is 32.1. The average Bonchev–Trinajstić information content (AvgIpc) is 3.16. The number of carbonyl (C=O) groups excluding carboxylic acids is 1. The van der Waals surface area contributed by atoms with Gasteiger partial charge in [0.2, 0.25) is 0 Å². The van der Waals surface area contributed by atoms with E-state index in [0.717, 1.165) is 10.7 Å². The molecule has 0 radical (unpaired) electrons. The molecule has 2 aromatic rings. The fourth-order valence-electron chi connectivity index (χ4n) is 2.11. The van der Waals surface area contributed by atoms with E-state index in [2.05, 4.69) is 29.5 Å². The van der Waals surface area contributed by atoms with Gasteiger partial charge in [0, 0.05) is 23.8 Å². The number of hydrogen-bond acceptors (Lipinski definition) is 5. The quantitative estimate of drug-likeness (QED) is 0.724. The molecular weight excluding hydrogens is 314 g/mol. The maximum absolute atomic E-state index is 11.9. The summed E-state index contributed by atoms with van der Waals surface area (Å²) in [6.07, 6.45) is 1.17. The Labute approximate surface area is 139 Å². The van der Waals surface area contributed by atoms with Crippen molar-refractivity contribution in [3.05, 3.63) is 40.2 Å². The fourth-order valence-corrected chi connectivity index (χ4v) is 2.94. The van der Waals surface area contributed by atoms with Crippen molar-refractivity contribution >= 4 is 17.4 Å². The molecule has 0 aliphatic heterocycles. The second-order valence-electron chi connectivity index (χ2n) is 5.83. The zero-order chi connectivity index (χ0) is 16.8. The lowest BCUT2D eigenvalue weighted by Gasteiger charge is -2.17. The van der Waals surface area contributed by atoms with Crippen molar-refractivity contribution in [3.8, 4) is 0 Å². The highest BCUT2D eigenvalue weighted by molar-refractivity contribution is 7.09. The number of aliphatic hydroxyl groups is 1. The lowest BCUT2D eigenvalue weighted by Crippen LogP contribution is -2.41. The van der Waals surface area contributed by atoms with Crippen LogP contribution in [0.25, 0.3) is 0 Å². The van der Waals surface area contributed by atoms with E-state index in [4.69, 9.17) is 4.42 Å². The Bertz CT molecular complexity index is 610. The number of aliphatic hydroxyl groups excluding tert-OH is 1. The van der Waals surface area contributed by atoms with Crippen LogP contribution in [0.2, 0.25) is 0 Å². The minimum Gasteiger partial charge on any atom is -0.467 e. The predicted octanol–water partition coefficient (Wildman–Crippen LogP) is 3.17. The number of rotatable bonds is 7. The van der Waals surface area contributed by atoms with Crippen LogP contribution in [-0.4, -0.2) is 22.2 Å². The van der Waals surface area contributed by atoms with Gasteiger partial charge in [0.25, 0.3) is 0 Å². The Morgan fingerprint density at radius 1 is 1.43 bits per heavy atom. The van der Waals surface area contributed by atoms with Crippen LogP contribution in [0.15, 0.2) is 28.2 Å². The van der Waals surface area contributed by atoms with Crippen LogP contribution >= 0.6 is 11.3 Å². The van der Waals surface area contributed by atoms with Gasteiger partial charge in [0.1, 0.15) is 11.9 Å². The first-order valence-electron chi connectivity index (χ1n) is 7.65. The molecule has 126 valence electrons. The van der Waals surface area contributed by atoms with E-state index < -0.39 is 6.10 Å². The minimum absolute atomic E-state index is 0.184. The number of nitrogens with zero attached hydrogens (tertiary/aromatic N) is 1. The van der Waals surface area contributed by atoms with Crippen LogP contribution in [0.4, 0.5) is 4.79 Å². The molecule has 0 aliphatic carbocycles. The van der Waals surface area contributed by atoms with E-state index in [1.807, 2.05) is 12.3 Å². The Balaban J connectivity index is 1.73. The second-order valence-corrected chi connectivity index (χ2v) is 6.72. The topological polar surface area (TPSA) is 87.4 Å². The number of urea groups is 1. The standard InChI is InChI=1S/C16H23N3O3S/c1-10(2)15-19-12(9-23-15)8-17-16(21)18-11(3)7-13(20)14-5-4-6-22-14/h4-6,9-11,13,20H,7-8H2,1-3H3,(H2,17,18,21)/t11-,13+/m1/s1. The Morgan fingerprint density at radius 2 is 2.22 bits per heavy atom. The summed E-state index contributed by atoms with van der Waals surface area (Å²) in [5.41, 5.74) is 0.858. The van der Waals surface area contributed by atoms with Gasteiger partial charge in [-0.3, -0.25) is 0 Å². The first kappa shape index (κ1) is 17.5. The molecule has 2 heterocycles. The van der Waals surface area contributed by atoms with Crippen LogP contribution in [0.1, 0.15) is 55.7 Å². The number of aromatic nitrogens is 1. The summed E-state index contributed by atoms with van der Waals surface area (Å²) in [5, 5.41) is 18.6. The van der Waals surface area contributed by atoms with Gasteiger partial charge in [-0.2, -0.15) is 0 Å². The number of furan rings is 1. The molecule has 0 fully saturated rings. The first-order valence-corrected chi connectivity index (χ1v) is 8.53. The van der Waals surface area contributed by atoms with Crippen molar-refractivity contribution < 1.29 is 14.3 Å². The predicted molar refractivity (Wildman–Crippen MR) is 89.3 cm³/mol. The summed E-state index contributed by atoms with van der Waals surface area (Å²) in [6, 6.07) is 2.98. The van der Waals surface area contributed by atoms with Gasteiger partial charge in [-0.1, -0.05) is 13.8 Å². The molecule has 0 saturated carbocycles. The van der Waals surface area contributed by atoms with Crippen molar-refractivity contribution in [2.24, 2.45) is 0 Å². The van der Waals surface area contributed by atoms with Gasteiger partial charge in [0.15, 0.2) is 0 Å². The van der Waals surface area contributed by atoms with E-state index in [0.29, 0.717) is 24.6 Å². The Hall–Kier alpha value is -1.86. The number of carbonyl (C=O) groups is 1. The smallest absolute Gasteiger partial charge is 0.315 e. The zero-order valence-corrected chi connectivity index (χ0v) is 14.4. The normalized spacial score (nSPS) is 13.8. The summed E-state index contributed by atoms with van der Waals surface area (Å²) in [5.74, 6) is 0.897. The van der Waals surface area contributed by atoms with Crippen molar-refractivity contribution in [3.63, 3.8) is 0 Å². The highest BCUT2D eigenvalue weighted by Gasteiger charge is 2.16. The third-order valence-corrected chi connectivity index (χ3v) is 4.51. The maximum Gasteiger partial charge on any atom is 0.315 e. The van der Waals surface area contributed by atoms with E-state index in [1.54, 1.807) is 23.5 Å². The molecule has 0 unspecified atom stereocenters. The van der Waals surface area contributed by atoms with Crippen LogP contribution < -0.4 is 10.6 Å². The van der Waals surface area contributed by atoms with Crippen molar-refractivity contribution in [1.29, 1.82) is 0 Å². The molecule has 0 saturated heterocycles. The summed E-state index contributed by atoms with van der Waals surface area (Å²) in [6.45, 7) is 6.41. The summed E-state index contributed by atoms with van der Waals surface area (Å²) in [7, 11) is 0. The molecular formula is C16H23N3O3S. The molecule has 2 atom stereocenters. The maximum atomic E-state index is 11.9. The molecule has 0 bridgehead atoms. The zero-order valence-electron chi connectivity index (χ0n) is 13.6. The highest BCUT2D eigenvalue weighted by Crippen LogP contribution is 2.19. The molecule has 0 aromatic carbocycles. The van der Waals surface area contributed by atoms with E-state index in [1.165, 1.54) is 6.26 Å². The SMILES string of the molecule is CC(C)c1nc(CNC(=O)N[C@H](C)C[C@H](O)c2ccco2)cs1. The number of hydrogen-bond donors (Lipinski definition) is 3. The Morgan fingerprint density at radius 3 is 2.83 bits per heavy atom. The van der Waals surface area contributed by atoms with E-state index >= 15 is 0 Å². The molecule has 0 spiro atoms. The van der Waals surface area contributed by atoms with Crippen LogP contribution in [0.5, 0.6) is 0 Å². The van der Waals surface area contributed by atoms with Gasteiger partial charge >= 0.3 is 6.03 Å². The third-order valence-electron chi connectivity index (χ3n) is 3.32. The lowest BCUT2D eigenvalue weighted by molar-refractivity contribution is 0.129. The molecule has 2 rings (SSSR count). The summed E-state index contributed by atoms with van der Waals surface area (Å²) >= 11 is 1.60. The fraction of sp³-hybridized carbons (Fsp3) is 0.500. The van der Waals surface area contributed by atoms with Crippen LogP contribution in [-0.2, 0) is 6.54 Å². The average molecular weight is 337 g/mol. The third kappa shape index (κ3) is 5.37. The monoisotopic (exact) mass is 337 g/mol. The molecule has 2 aromatic heterocycles. The van der Waals surface area contributed by atoms with E-state index in [-0.39, 0.29) is 12.1 Å². The van der Waals surface area contributed by atoms with Crippen LogP contribution in [0.3, 0.4) is 0 Å². The number of nitrogens with one attached hydrogen (secondary N) is 2. The minimum atomic E-state index is -0.729. The number of amides is 2. The van der Waals surface area contributed by atoms with Gasteiger partial charge in [-0.05, 0) is 19.1 Å². The lowest BCUT2D eigenvalue weighted by atomic mass is 10.1. The Kier molecular flexibility index (Phi) is 6.18. The van der Waals surface area contributed by atoms with Gasteiger partial charge in [-0.25, -0.2) is 9.78 Å². The molecule has 6 nitrogen and oxygen atoms in total. The summed E-state index contributed by atoms with van der Waals surface area (Å²) in [4.78, 5) is 16.4. The van der Waals surface area contributed by atoms with Crippen molar-refractivity contribution in [1.82, 2.24) is 15.6 Å². The molecule has 0 aliphatic rings. The molecule has 2 amide bonds.